The molecule has 3 aromatic rings. The number of fused-ring (bicyclic) bond motifs is 1. The van der Waals surface area contributed by atoms with Gasteiger partial charge in [0.15, 0.2) is 0 Å². The lowest BCUT2D eigenvalue weighted by molar-refractivity contribution is -0.137. The molecule has 1 atom stereocenters. The standard InChI is InChI=1S/C26H26ClF3N4O2/c1-32(2)23-12-15(6-9-21(23)27)24-18-4-3-5-19(18)25(36)34(31-24)22-13-16(33-11-10-17(35)14-33)7-8-20(22)26(28,29)30/h6-9,12-13,17,35H,3-5,10-11,14H2,1-2H3/t17-/m0/s1. The maximum Gasteiger partial charge on any atom is 0.418 e. The first-order chi connectivity index (χ1) is 17.0. The Morgan fingerprint density at radius 3 is 2.53 bits per heavy atom. The second kappa shape index (κ2) is 9.12. The Morgan fingerprint density at radius 1 is 1.11 bits per heavy atom. The molecule has 0 amide bonds. The quantitative estimate of drug-likeness (QED) is 0.542. The van der Waals surface area contributed by atoms with Crippen molar-refractivity contribution in [2.75, 3.05) is 37.0 Å². The van der Waals surface area contributed by atoms with E-state index in [9.17, 15) is 23.1 Å². The minimum absolute atomic E-state index is 0.316. The Morgan fingerprint density at radius 2 is 1.86 bits per heavy atom. The first kappa shape index (κ1) is 24.6. The van der Waals surface area contributed by atoms with Crippen molar-refractivity contribution in [3.63, 3.8) is 0 Å². The number of rotatable bonds is 4. The molecular formula is C26H26ClF3N4O2. The molecule has 0 unspecified atom stereocenters. The van der Waals surface area contributed by atoms with Crippen molar-refractivity contribution < 1.29 is 18.3 Å². The Labute approximate surface area is 211 Å². The summed E-state index contributed by atoms with van der Waals surface area (Å²) < 4.78 is 43.2. The number of nitrogens with zero attached hydrogens (tertiary/aromatic N) is 4. The van der Waals surface area contributed by atoms with E-state index in [2.05, 4.69) is 5.10 Å². The molecule has 36 heavy (non-hydrogen) atoms. The van der Waals surface area contributed by atoms with Gasteiger partial charge >= 0.3 is 6.18 Å². The predicted molar refractivity (Wildman–Crippen MR) is 134 cm³/mol. The molecule has 1 aliphatic carbocycles. The van der Waals surface area contributed by atoms with E-state index in [-0.39, 0.29) is 5.69 Å². The number of benzene rings is 2. The van der Waals surface area contributed by atoms with Gasteiger partial charge in [-0.25, -0.2) is 0 Å². The largest absolute Gasteiger partial charge is 0.418 e. The van der Waals surface area contributed by atoms with E-state index in [0.717, 1.165) is 28.4 Å². The average molecular weight is 519 g/mol. The van der Waals surface area contributed by atoms with Gasteiger partial charge in [0.1, 0.15) is 0 Å². The molecule has 1 saturated heterocycles. The van der Waals surface area contributed by atoms with Gasteiger partial charge in [0.05, 0.1) is 33.8 Å². The number of aliphatic hydroxyl groups is 1. The van der Waals surface area contributed by atoms with Crippen molar-refractivity contribution in [1.82, 2.24) is 9.78 Å². The van der Waals surface area contributed by atoms with Crippen LogP contribution in [-0.4, -0.2) is 48.2 Å². The fraction of sp³-hybridized carbons (Fsp3) is 0.385. The van der Waals surface area contributed by atoms with Crippen molar-refractivity contribution >= 4 is 23.0 Å². The molecule has 6 nitrogen and oxygen atoms in total. The molecule has 1 aromatic heterocycles. The zero-order valence-electron chi connectivity index (χ0n) is 19.9. The second-order valence-electron chi connectivity index (χ2n) is 9.52. The van der Waals surface area contributed by atoms with E-state index in [1.54, 1.807) is 12.1 Å². The van der Waals surface area contributed by atoms with Crippen molar-refractivity contribution in [3.05, 3.63) is 68.5 Å². The molecule has 2 aromatic carbocycles. The van der Waals surface area contributed by atoms with E-state index < -0.39 is 23.4 Å². The van der Waals surface area contributed by atoms with Gasteiger partial charge in [-0.3, -0.25) is 4.79 Å². The number of aromatic nitrogens is 2. The maximum atomic E-state index is 14.1. The highest BCUT2D eigenvalue weighted by molar-refractivity contribution is 6.33. The Hall–Kier alpha value is -3.04. The number of aliphatic hydroxyl groups excluding tert-OH is 1. The summed E-state index contributed by atoms with van der Waals surface area (Å²) in [6.07, 6.45) is -2.85. The summed E-state index contributed by atoms with van der Waals surface area (Å²) in [5, 5.41) is 15.0. The lowest BCUT2D eigenvalue weighted by atomic mass is 10.0. The summed E-state index contributed by atoms with van der Waals surface area (Å²) in [5.41, 5.74) is 1.90. The summed E-state index contributed by atoms with van der Waals surface area (Å²) >= 11 is 6.34. The molecule has 1 aliphatic heterocycles. The molecule has 0 radical (unpaired) electrons. The van der Waals surface area contributed by atoms with E-state index in [1.807, 2.05) is 30.0 Å². The number of β-amino-alcohol motifs (C(OH)–C–C–N with tert-alkyl or cyclic N) is 1. The maximum absolute atomic E-state index is 14.1. The number of alkyl halides is 3. The predicted octanol–water partition coefficient (Wildman–Crippen LogP) is 4.70. The monoisotopic (exact) mass is 518 g/mol. The SMILES string of the molecule is CN(C)c1cc(-c2nn(-c3cc(N4CC[C@H](O)C4)ccc3C(F)(F)F)c(=O)c3c2CCC3)ccc1Cl. The fourth-order valence-corrected chi connectivity index (χ4v) is 5.37. The van der Waals surface area contributed by atoms with Gasteiger partial charge in [-0.1, -0.05) is 17.7 Å². The molecule has 2 aliphatic rings. The molecule has 190 valence electrons. The van der Waals surface area contributed by atoms with Crippen molar-refractivity contribution in [1.29, 1.82) is 0 Å². The molecule has 10 heteroatoms. The van der Waals surface area contributed by atoms with Crippen LogP contribution in [-0.2, 0) is 19.0 Å². The van der Waals surface area contributed by atoms with Crippen LogP contribution in [0.1, 0.15) is 29.5 Å². The minimum atomic E-state index is -4.68. The number of halogens is 4. The minimum Gasteiger partial charge on any atom is -0.391 e. The second-order valence-corrected chi connectivity index (χ2v) is 9.93. The molecule has 0 spiro atoms. The molecular weight excluding hydrogens is 493 g/mol. The molecule has 2 heterocycles. The third kappa shape index (κ3) is 4.35. The number of anilines is 2. The Kier molecular flexibility index (Phi) is 6.24. The van der Waals surface area contributed by atoms with Crippen LogP contribution in [0.5, 0.6) is 0 Å². The highest BCUT2D eigenvalue weighted by atomic mass is 35.5. The van der Waals surface area contributed by atoms with E-state index in [4.69, 9.17) is 11.6 Å². The topological polar surface area (TPSA) is 61.6 Å². The van der Waals surface area contributed by atoms with Crippen molar-refractivity contribution in [2.24, 2.45) is 0 Å². The van der Waals surface area contributed by atoms with Crippen molar-refractivity contribution in [2.45, 2.75) is 38.0 Å². The lowest BCUT2D eigenvalue weighted by Crippen LogP contribution is -2.29. The summed E-state index contributed by atoms with van der Waals surface area (Å²) in [4.78, 5) is 17.1. The highest BCUT2D eigenvalue weighted by Gasteiger charge is 2.36. The highest BCUT2D eigenvalue weighted by Crippen LogP contribution is 2.38. The first-order valence-electron chi connectivity index (χ1n) is 11.8. The van der Waals surface area contributed by atoms with Crippen LogP contribution >= 0.6 is 11.6 Å². The van der Waals surface area contributed by atoms with E-state index in [1.165, 1.54) is 12.1 Å². The van der Waals surface area contributed by atoms with Crippen molar-refractivity contribution in [3.8, 4) is 16.9 Å². The number of hydrogen-bond acceptors (Lipinski definition) is 5. The summed E-state index contributed by atoms with van der Waals surface area (Å²) in [7, 11) is 3.69. The molecule has 1 N–H and O–H groups in total. The Bertz CT molecular complexity index is 1390. The Balaban J connectivity index is 1.74. The third-order valence-corrected chi connectivity index (χ3v) is 7.22. The molecule has 1 fully saturated rings. The van der Waals surface area contributed by atoms with Crippen LogP contribution in [0.15, 0.2) is 41.2 Å². The normalized spacial score (nSPS) is 17.5. The summed E-state index contributed by atoms with van der Waals surface area (Å²) in [6, 6.07) is 9.07. The summed E-state index contributed by atoms with van der Waals surface area (Å²) in [6.45, 7) is 0.836. The van der Waals surface area contributed by atoms with E-state index in [0.29, 0.717) is 59.9 Å². The van der Waals surface area contributed by atoms with Gasteiger partial charge in [0, 0.05) is 44.0 Å². The zero-order chi connectivity index (χ0) is 25.8. The van der Waals surface area contributed by atoms with Crippen LogP contribution in [0.2, 0.25) is 5.02 Å². The van der Waals surface area contributed by atoms with Crippen LogP contribution in [0.4, 0.5) is 24.5 Å². The first-order valence-corrected chi connectivity index (χ1v) is 12.2. The molecule has 5 rings (SSSR count). The van der Waals surface area contributed by atoms with E-state index >= 15 is 0 Å². The zero-order valence-corrected chi connectivity index (χ0v) is 20.7. The van der Waals surface area contributed by atoms with Gasteiger partial charge in [-0.15, -0.1) is 0 Å². The van der Waals surface area contributed by atoms with Gasteiger partial charge in [0.2, 0.25) is 0 Å². The van der Waals surface area contributed by atoms with Crippen LogP contribution < -0.4 is 15.4 Å². The smallest absolute Gasteiger partial charge is 0.391 e. The lowest BCUT2D eigenvalue weighted by Gasteiger charge is -2.22. The molecule has 0 bridgehead atoms. The van der Waals surface area contributed by atoms with Crippen LogP contribution in [0, 0.1) is 0 Å². The summed E-state index contributed by atoms with van der Waals surface area (Å²) in [5.74, 6) is 0. The van der Waals surface area contributed by atoms with Gasteiger partial charge < -0.3 is 14.9 Å². The van der Waals surface area contributed by atoms with Gasteiger partial charge in [0.25, 0.3) is 5.56 Å². The van der Waals surface area contributed by atoms with Gasteiger partial charge in [-0.05, 0) is 61.6 Å². The van der Waals surface area contributed by atoms with Gasteiger partial charge in [-0.2, -0.15) is 23.0 Å². The third-order valence-electron chi connectivity index (χ3n) is 6.90. The van der Waals surface area contributed by atoms with Crippen LogP contribution in [0.3, 0.4) is 0 Å². The average Bonchev–Trinajstić information content (AvgIpc) is 3.48. The molecule has 0 saturated carbocycles. The fourth-order valence-electron chi connectivity index (χ4n) is 5.08. The van der Waals surface area contributed by atoms with Crippen LogP contribution in [0.25, 0.3) is 16.9 Å². The number of hydrogen-bond donors (Lipinski definition) is 1.